The summed E-state index contributed by atoms with van der Waals surface area (Å²) in [7, 11) is 0. The van der Waals surface area contributed by atoms with E-state index in [1.165, 1.54) is 77.2 Å². The molecule has 4 aromatic rings. The van der Waals surface area contributed by atoms with Crippen molar-refractivity contribution in [2.75, 3.05) is 0 Å². The third-order valence-electron chi connectivity index (χ3n) is 7.32. The van der Waals surface area contributed by atoms with Crippen molar-refractivity contribution in [3.8, 4) is 11.1 Å². The molecule has 0 heteroatoms. The van der Waals surface area contributed by atoms with Gasteiger partial charge in [0.25, 0.3) is 0 Å². The topological polar surface area (TPSA) is 0 Å². The Bertz CT molecular complexity index is 1180. The van der Waals surface area contributed by atoms with Crippen LogP contribution in [0.2, 0.25) is 0 Å². The third kappa shape index (κ3) is 3.96. The number of hydrogen-bond acceptors (Lipinski definition) is 0. The van der Waals surface area contributed by atoms with Gasteiger partial charge in [-0.3, -0.25) is 0 Å². The van der Waals surface area contributed by atoms with Gasteiger partial charge in [-0.05, 0) is 139 Å². The SMILES string of the molecule is CC.CC.Cc1c(C)c(C)c2c(-c3ccccc3)c3c(C)c(C)c(C)c(C)c3cc2c1C. The van der Waals surface area contributed by atoms with E-state index in [0.717, 1.165) is 0 Å². The lowest BCUT2D eigenvalue weighted by molar-refractivity contribution is 1.24. The van der Waals surface area contributed by atoms with Crippen molar-refractivity contribution in [3.05, 3.63) is 80.9 Å². The second-order valence-corrected chi connectivity index (χ2v) is 8.46. The number of hydrogen-bond donors (Lipinski definition) is 0. The minimum atomic E-state index is 1.31. The van der Waals surface area contributed by atoms with Crippen LogP contribution in [0.15, 0.2) is 36.4 Å². The normalized spacial score (nSPS) is 10.5. The monoisotopic (exact) mass is 426 g/mol. The first kappa shape index (κ1) is 25.7. The first-order valence-electron chi connectivity index (χ1n) is 12.2. The van der Waals surface area contributed by atoms with Crippen molar-refractivity contribution in [2.45, 2.75) is 83.1 Å². The van der Waals surface area contributed by atoms with Gasteiger partial charge < -0.3 is 0 Å². The smallest absolute Gasteiger partial charge is 0.00211 e. The summed E-state index contributed by atoms with van der Waals surface area (Å²) >= 11 is 0. The van der Waals surface area contributed by atoms with Crippen LogP contribution >= 0.6 is 0 Å². The molecule has 4 aromatic carbocycles. The summed E-state index contributed by atoms with van der Waals surface area (Å²) in [5.41, 5.74) is 14.0. The van der Waals surface area contributed by atoms with E-state index >= 15 is 0 Å². The van der Waals surface area contributed by atoms with E-state index in [1.54, 1.807) is 0 Å². The number of rotatable bonds is 1. The molecule has 0 saturated carbocycles. The molecule has 0 aliphatic carbocycles. The molecule has 0 aromatic heterocycles. The van der Waals surface area contributed by atoms with Gasteiger partial charge in [-0.25, -0.2) is 0 Å². The summed E-state index contributed by atoms with van der Waals surface area (Å²) in [6.07, 6.45) is 0. The van der Waals surface area contributed by atoms with E-state index in [9.17, 15) is 0 Å². The summed E-state index contributed by atoms with van der Waals surface area (Å²) in [5.74, 6) is 0. The van der Waals surface area contributed by atoms with Gasteiger partial charge in [0.2, 0.25) is 0 Å². The molecule has 0 atom stereocenters. The molecule has 4 rings (SSSR count). The van der Waals surface area contributed by atoms with Gasteiger partial charge >= 0.3 is 0 Å². The van der Waals surface area contributed by atoms with Crippen LogP contribution in [0.3, 0.4) is 0 Å². The Morgan fingerprint density at radius 2 is 0.750 bits per heavy atom. The highest BCUT2D eigenvalue weighted by atomic mass is 14.2. The van der Waals surface area contributed by atoms with Crippen LogP contribution in [0.4, 0.5) is 0 Å². The zero-order valence-corrected chi connectivity index (χ0v) is 22.5. The van der Waals surface area contributed by atoms with E-state index in [4.69, 9.17) is 0 Å². The van der Waals surface area contributed by atoms with Gasteiger partial charge in [0.05, 0.1) is 0 Å². The predicted octanol–water partition coefficient (Wildman–Crippen LogP) is 10.2. The zero-order chi connectivity index (χ0) is 24.3. The Morgan fingerprint density at radius 1 is 0.406 bits per heavy atom. The lowest BCUT2D eigenvalue weighted by atomic mass is 9.81. The Morgan fingerprint density at radius 3 is 1.12 bits per heavy atom. The highest BCUT2D eigenvalue weighted by Gasteiger charge is 2.20. The Kier molecular flexibility index (Phi) is 8.29. The van der Waals surface area contributed by atoms with Gasteiger partial charge in [0, 0.05) is 0 Å². The molecule has 0 spiro atoms. The van der Waals surface area contributed by atoms with E-state index in [1.807, 2.05) is 27.7 Å². The van der Waals surface area contributed by atoms with Gasteiger partial charge in [-0.15, -0.1) is 0 Å². The molecular formula is C32H42. The van der Waals surface area contributed by atoms with E-state index in [-0.39, 0.29) is 0 Å². The van der Waals surface area contributed by atoms with Crippen LogP contribution in [-0.2, 0) is 0 Å². The number of benzene rings is 4. The maximum atomic E-state index is 2.46. The molecule has 0 bridgehead atoms. The number of aryl methyl sites for hydroxylation is 4. The maximum absolute atomic E-state index is 2.46. The van der Waals surface area contributed by atoms with E-state index in [0.29, 0.717) is 0 Å². The van der Waals surface area contributed by atoms with E-state index in [2.05, 4.69) is 91.8 Å². The quantitative estimate of drug-likeness (QED) is 0.265. The van der Waals surface area contributed by atoms with Gasteiger partial charge in [0.15, 0.2) is 0 Å². The highest BCUT2D eigenvalue weighted by molar-refractivity contribution is 6.17. The molecule has 0 aliphatic rings. The van der Waals surface area contributed by atoms with Gasteiger partial charge in [-0.2, -0.15) is 0 Å². The average Bonchev–Trinajstić information content (AvgIpc) is 2.85. The fraction of sp³-hybridized carbons (Fsp3) is 0.375. The number of fused-ring (bicyclic) bond motifs is 2. The summed E-state index contributed by atoms with van der Waals surface area (Å²) in [4.78, 5) is 0. The second-order valence-electron chi connectivity index (χ2n) is 8.46. The molecule has 0 unspecified atom stereocenters. The standard InChI is InChI=1S/C28H30.2C2H6/c1-15-17(3)21(7)26-24(19(15)5)14-25-20(6)16(2)18(4)22(8)27(25)28(26)23-12-10-9-11-13-23;2*1-2/h9-14H,1-8H3;2*1-2H3. The van der Waals surface area contributed by atoms with Crippen molar-refractivity contribution in [1.29, 1.82) is 0 Å². The first-order valence-corrected chi connectivity index (χ1v) is 12.2. The second kappa shape index (κ2) is 10.3. The first-order chi connectivity index (χ1) is 15.3. The maximum Gasteiger partial charge on any atom is -0.00211 e. The van der Waals surface area contributed by atoms with Gasteiger partial charge in [-0.1, -0.05) is 58.0 Å². The van der Waals surface area contributed by atoms with Crippen molar-refractivity contribution >= 4 is 21.5 Å². The lowest BCUT2D eigenvalue weighted by Crippen LogP contribution is -2.01. The molecule has 32 heavy (non-hydrogen) atoms. The van der Waals surface area contributed by atoms with Crippen molar-refractivity contribution < 1.29 is 0 Å². The van der Waals surface area contributed by atoms with E-state index < -0.39 is 0 Å². The van der Waals surface area contributed by atoms with Crippen molar-refractivity contribution in [1.82, 2.24) is 0 Å². The summed E-state index contributed by atoms with van der Waals surface area (Å²) < 4.78 is 0. The summed E-state index contributed by atoms with van der Waals surface area (Å²) in [6.45, 7) is 26.2. The zero-order valence-electron chi connectivity index (χ0n) is 22.5. The molecule has 0 aliphatic heterocycles. The van der Waals surface area contributed by atoms with Crippen molar-refractivity contribution in [3.63, 3.8) is 0 Å². The minimum Gasteiger partial charge on any atom is -0.0683 e. The molecule has 0 heterocycles. The van der Waals surface area contributed by atoms with Crippen molar-refractivity contribution in [2.24, 2.45) is 0 Å². The fourth-order valence-electron chi connectivity index (χ4n) is 4.85. The van der Waals surface area contributed by atoms with Crippen LogP contribution in [0, 0.1) is 55.4 Å². The average molecular weight is 427 g/mol. The predicted molar refractivity (Wildman–Crippen MR) is 147 cm³/mol. The third-order valence-corrected chi connectivity index (χ3v) is 7.32. The molecular weight excluding hydrogens is 384 g/mol. The van der Waals surface area contributed by atoms with Crippen LogP contribution in [0.1, 0.15) is 72.2 Å². The lowest BCUT2D eigenvalue weighted by Gasteiger charge is -2.23. The van der Waals surface area contributed by atoms with Gasteiger partial charge in [0.1, 0.15) is 0 Å². The molecule has 0 amide bonds. The molecule has 0 fully saturated rings. The molecule has 0 nitrogen and oxygen atoms in total. The van der Waals surface area contributed by atoms with Crippen LogP contribution < -0.4 is 0 Å². The molecule has 0 radical (unpaired) electrons. The van der Waals surface area contributed by atoms with Crippen LogP contribution in [0.25, 0.3) is 32.7 Å². The Labute approximate surface area is 196 Å². The largest absolute Gasteiger partial charge is 0.0683 e. The summed E-state index contributed by atoms with van der Waals surface area (Å²) in [5, 5.41) is 5.64. The Balaban J connectivity index is 0.000000860. The Hall–Kier alpha value is -2.60. The molecule has 0 N–H and O–H groups in total. The summed E-state index contributed by atoms with van der Waals surface area (Å²) in [6, 6.07) is 13.4. The van der Waals surface area contributed by atoms with Crippen LogP contribution in [-0.4, -0.2) is 0 Å². The fourth-order valence-corrected chi connectivity index (χ4v) is 4.85. The highest BCUT2D eigenvalue weighted by Crippen LogP contribution is 2.44. The molecule has 170 valence electrons. The minimum absolute atomic E-state index is 1.31. The molecule has 0 saturated heterocycles. The van der Waals surface area contributed by atoms with Crippen LogP contribution in [0.5, 0.6) is 0 Å².